The molecule has 0 heterocycles. The van der Waals surface area contributed by atoms with Gasteiger partial charge in [-0.1, -0.05) is 18.2 Å². The minimum atomic E-state index is -0.389. The maximum atomic E-state index is 12.8. The average molecular weight is 223 g/mol. The van der Waals surface area contributed by atoms with Crippen LogP contribution < -0.4 is 10.1 Å². The zero-order valence-corrected chi connectivity index (χ0v) is 9.13. The van der Waals surface area contributed by atoms with Gasteiger partial charge in [-0.25, -0.2) is 4.39 Å². The lowest BCUT2D eigenvalue weighted by molar-refractivity contribution is -0.122. The zero-order valence-electron chi connectivity index (χ0n) is 9.13. The summed E-state index contributed by atoms with van der Waals surface area (Å²) in [5.74, 6) is -0.308. The lowest BCUT2D eigenvalue weighted by Crippen LogP contribution is -2.29. The highest BCUT2D eigenvalue weighted by Gasteiger charge is 2.02. The van der Waals surface area contributed by atoms with Crippen LogP contribution in [0.25, 0.3) is 0 Å². The van der Waals surface area contributed by atoms with E-state index in [1.807, 2.05) is 6.92 Å². The maximum Gasteiger partial charge on any atom is 0.258 e. The van der Waals surface area contributed by atoms with Gasteiger partial charge < -0.3 is 10.1 Å². The van der Waals surface area contributed by atoms with Gasteiger partial charge in [0.1, 0.15) is 11.6 Å². The van der Waals surface area contributed by atoms with Gasteiger partial charge in [0, 0.05) is 12.6 Å². The third-order valence-corrected chi connectivity index (χ3v) is 1.75. The lowest BCUT2D eigenvalue weighted by Gasteiger charge is -2.07. The van der Waals surface area contributed by atoms with Crippen molar-refractivity contribution in [1.29, 1.82) is 0 Å². The van der Waals surface area contributed by atoms with Gasteiger partial charge in [0.05, 0.1) is 0 Å². The molecule has 3 nitrogen and oxygen atoms in total. The first-order valence-electron chi connectivity index (χ1n) is 4.87. The predicted molar refractivity (Wildman–Crippen MR) is 59.7 cm³/mol. The van der Waals surface area contributed by atoms with Crippen LogP contribution >= 0.6 is 0 Å². The third-order valence-electron chi connectivity index (χ3n) is 1.75. The largest absolute Gasteiger partial charge is 0.484 e. The summed E-state index contributed by atoms with van der Waals surface area (Å²) in [7, 11) is 0. The summed E-state index contributed by atoms with van der Waals surface area (Å²) in [4.78, 5) is 11.2. The van der Waals surface area contributed by atoms with Crippen LogP contribution in [0.2, 0.25) is 0 Å². The Labute approximate surface area is 93.9 Å². The fraction of sp³-hybridized carbons (Fsp3) is 0.250. The number of hydrogen-bond acceptors (Lipinski definition) is 2. The fourth-order valence-electron chi connectivity index (χ4n) is 1.01. The molecule has 0 saturated carbocycles. The average Bonchev–Trinajstić information content (AvgIpc) is 2.23. The van der Waals surface area contributed by atoms with Crippen LogP contribution in [-0.4, -0.2) is 19.1 Å². The maximum absolute atomic E-state index is 12.8. The molecule has 0 spiro atoms. The van der Waals surface area contributed by atoms with E-state index in [0.29, 0.717) is 12.3 Å². The highest BCUT2D eigenvalue weighted by Crippen LogP contribution is 2.11. The van der Waals surface area contributed by atoms with Crippen LogP contribution in [-0.2, 0) is 4.79 Å². The van der Waals surface area contributed by atoms with Gasteiger partial charge in [-0.15, -0.1) is 0 Å². The first kappa shape index (κ1) is 12.2. The fourth-order valence-corrected chi connectivity index (χ4v) is 1.01. The molecule has 0 unspecified atom stereocenters. The van der Waals surface area contributed by atoms with Crippen LogP contribution in [0.15, 0.2) is 36.4 Å². The van der Waals surface area contributed by atoms with Crippen LogP contribution in [0.3, 0.4) is 0 Å². The number of benzene rings is 1. The van der Waals surface area contributed by atoms with Gasteiger partial charge in [0.15, 0.2) is 6.61 Å². The van der Waals surface area contributed by atoms with E-state index in [2.05, 4.69) is 11.9 Å². The Morgan fingerprint density at radius 2 is 2.31 bits per heavy atom. The van der Waals surface area contributed by atoms with Crippen molar-refractivity contribution in [2.75, 3.05) is 13.2 Å². The molecule has 4 heteroatoms. The molecule has 0 aliphatic rings. The Morgan fingerprint density at radius 1 is 1.56 bits per heavy atom. The molecule has 0 aliphatic heterocycles. The van der Waals surface area contributed by atoms with Crippen LogP contribution in [0.4, 0.5) is 4.39 Å². The second-order valence-electron chi connectivity index (χ2n) is 3.48. The van der Waals surface area contributed by atoms with E-state index in [0.717, 1.165) is 5.57 Å². The van der Waals surface area contributed by atoms with E-state index in [4.69, 9.17) is 4.74 Å². The topological polar surface area (TPSA) is 38.3 Å². The van der Waals surface area contributed by atoms with Crippen molar-refractivity contribution in [2.24, 2.45) is 0 Å². The minimum Gasteiger partial charge on any atom is -0.484 e. The van der Waals surface area contributed by atoms with Crippen molar-refractivity contribution in [1.82, 2.24) is 5.32 Å². The Morgan fingerprint density at radius 3 is 2.94 bits per heavy atom. The minimum absolute atomic E-state index is 0.128. The van der Waals surface area contributed by atoms with Crippen LogP contribution in [0, 0.1) is 5.82 Å². The molecule has 86 valence electrons. The number of carbonyl (C=O) groups is 1. The number of nitrogens with one attached hydrogen (secondary N) is 1. The van der Waals surface area contributed by atoms with Crippen molar-refractivity contribution in [3.63, 3.8) is 0 Å². The molecule has 0 radical (unpaired) electrons. The van der Waals surface area contributed by atoms with Crippen molar-refractivity contribution >= 4 is 5.91 Å². The van der Waals surface area contributed by atoms with Crippen molar-refractivity contribution in [3.05, 3.63) is 42.2 Å². The van der Waals surface area contributed by atoms with Crippen molar-refractivity contribution < 1.29 is 13.9 Å². The lowest BCUT2D eigenvalue weighted by atomic mass is 10.3. The normalized spacial score (nSPS) is 9.62. The highest BCUT2D eigenvalue weighted by atomic mass is 19.1. The second-order valence-corrected chi connectivity index (χ2v) is 3.48. The summed E-state index contributed by atoms with van der Waals surface area (Å²) < 4.78 is 17.9. The van der Waals surface area contributed by atoms with Crippen LogP contribution in [0.1, 0.15) is 6.92 Å². The molecule has 1 N–H and O–H groups in total. The Balaban J connectivity index is 2.34. The molecule has 1 rings (SSSR count). The molecule has 0 aliphatic carbocycles. The first-order chi connectivity index (χ1) is 7.58. The summed E-state index contributed by atoms with van der Waals surface area (Å²) in [6.45, 7) is 5.76. The molecular formula is C12H14FNO2. The molecule has 0 atom stereocenters. The first-order valence-corrected chi connectivity index (χ1v) is 4.87. The number of hydrogen-bond donors (Lipinski definition) is 1. The third kappa shape index (κ3) is 4.59. The Kier molecular flexibility index (Phi) is 4.51. The molecule has 0 aromatic heterocycles. The van der Waals surface area contributed by atoms with Gasteiger partial charge in [0.2, 0.25) is 0 Å². The van der Waals surface area contributed by atoms with Gasteiger partial charge in [-0.3, -0.25) is 4.79 Å². The summed E-state index contributed by atoms with van der Waals surface area (Å²) in [5.41, 5.74) is 0.860. The van der Waals surface area contributed by atoms with Gasteiger partial charge >= 0.3 is 0 Å². The summed E-state index contributed by atoms with van der Waals surface area (Å²) >= 11 is 0. The van der Waals surface area contributed by atoms with E-state index in [9.17, 15) is 9.18 Å². The molecule has 0 fully saturated rings. The molecule has 1 aromatic rings. The smallest absolute Gasteiger partial charge is 0.258 e. The van der Waals surface area contributed by atoms with Crippen molar-refractivity contribution in [2.45, 2.75) is 6.92 Å². The van der Waals surface area contributed by atoms with E-state index in [-0.39, 0.29) is 18.3 Å². The van der Waals surface area contributed by atoms with E-state index >= 15 is 0 Å². The monoisotopic (exact) mass is 223 g/mol. The molecule has 1 amide bonds. The number of ether oxygens (including phenoxy) is 1. The molecular weight excluding hydrogens is 209 g/mol. The molecule has 0 bridgehead atoms. The molecule has 16 heavy (non-hydrogen) atoms. The predicted octanol–water partition coefficient (Wildman–Crippen LogP) is 1.90. The molecule has 0 saturated heterocycles. The molecule has 1 aromatic carbocycles. The van der Waals surface area contributed by atoms with Gasteiger partial charge in [-0.05, 0) is 19.1 Å². The number of carbonyl (C=O) groups excluding carboxylic acids is 1. The Hall–Kier alpha value is -1.84. The SMILES string of the molecule is C=C(C)CNC(=O)COc1cccc(F)c1. The summed E-state index contributed by atoms with van der Waals surface area (Å²) in [5, 5.41) is 2.61. The number of rotatable bonds is 5. The zero-order chi connectivity index (χ0) is 12.0. The van der Waals surface area contributed by atoms with E-state index < -0.39 is 0 Å². The Bertz CT molecular complexity index is 390. The second kappa shape index (κ2) is 5.90. The highest BCUT2D eigenvalue weighted by molar-refractivity contribution is 5.77. The summed E-state index contributed by atoms with van der Waals surface area (Å²) in [6.07, 6.45) is 0. The van der Waals surface area contributed by atoms with Crippen LogP contribution in [0.5, 0.6) is 5.75 Å². The number of amides is 1. The number of halogens is 1. The summed E-state index contributed by atoms with van der Waals surface area (Å²) in [6, 6.07) is 5.66. The van der Waals surface area contributed by atoms with E-state index in [1.165, 1.54) is 18.2 Å². The quantitative estimate of drug-likeness (QED) is 0.774. The van der Waals surface area contributed by atoms with Gasteiger partial charge in [-0.2, -0.15) is 0 Å². The van der Waals surface area contributed by atoms with Gasteiger partial charge in [0.25, 0.3) is 5.91 Å². The standard InChI is InChI=1S/C12H14FNO2/c1-9(2)7-14-12(15)8-16-11-5-3-4-10(13)6-11/h3-6H,1,7-8H2,2H3,(H,14,15). The van der Waals surface area contributed by atoms with E-state index in [1.54, 1.807) is 6.07 Å². The van der Waals surface area contributed by atoms with Crippen molar-refractivity contribution in [3.8, 4) is 5.75 Å².